The smallest absolute Gasteiger partial charge is 0.329 e. The Morgan fingerprint density at radius 2 is 1.92 bits per heavy atom. The fourth-order valence-electron chi connectivity index (χ4n) is 3.07. The summed E-state index contributed by atoms with van der Waals surface area (Å²) in [5.74, 6) is -0.606. The minimum Gasteiger partial charge on any atom is -0.458 e. The number of amides is 1. The third kappa shape index (κ3) is 5.43. The summed E-state index contributed by atoms with van der Waals surface area (Å²) in [5.41, 5.74) is 0.323. The molecule has 0 aliphatic carbocycles. The van der Waals surface area contributed by atoms with Crippen LogP contribution in [-0.4, -0.2) is 46.2 Å². The molecule has 2 atom stereocenters. The van der Waals surface area contributed by atoms with Gasteiger partial charge in [-0.1, -0.05) is 30.3 Å². The summed E-state index contributed by atoms with van der Waals surface area (Å²) >= 11 is 0. The summed E-state index contributed by atoms with van der Waals surface area (Å²) in [6.07, 6.45) is 4.94. The second-order valence-corrected chi connectivity index (χ2v) is 7.28. The zero-order valence-electron chi connectivity index (χ0n) is 15.1. The van der Waals surface area contributed by atoms with Gasteiger partial charge in [0.15, 0.2) is 0 Å². The Hall–Kier alpha value is -2.14. The number of benzene rings is 1. The molecule has 0 unspecified atom stereocenters. The van der Waals surface area contributed by atoms with Gasteiger partial charge in [-0.15, -0.1) is 0 Å². The molecule has 0 spiro atoms. The molecule has 1 N–H and O–H groups in total. The van der Waals surface area contributed by atoms with Crippen LogP contribution in [0.15, 0.2) is 36.4 Å². The Morgan fingerprint density at radius 1 is 1.24 bits per heavy atom. The summed E-state index contributed by atoms with van der Waals surface area (Å²) < 4.78 is 5.47. The number of ether oxygens (including phenoxy) is 1. The number of carbonyl (C=O) groups excluding carboxylic acids is 2. The molecule has 136 valence electrons. The number of carbonyl (C=O) groups is 2. The third-order valence-corrected chi connectivity index (χ3v) is 4.12. The molecule has 5 heteroatoms. The lowest BCUT2D eigenvalue weighted by Gasteiger charge is -2.30. The minimum absolute atomic E-state index is 0.0160. The number of aliphatic hydroxyl groups is 1. The van der Waals surface area contributed by atoms with Gasteiger partial charge < -0.3 is 14.7 Å². The lowest BCUT2D eigenvalue weighted by molar-refractivity contribution is -0.163. The van der Waals surface area contributed by atoms with Crippen molar-refractivity contribution >= 4 is 18.0 Å². The Bertz CT molecular complexity index is 618. The first-order valence-electron chi connectivity index (χ1n) is 8.71. The van der Waals surface area contributed by atoms with Crippen molar-refractivity contribution in [1.82, 2.24) is 4.90 Å². The molecule has 25 heavy (non-hydrogen) atoms. The first-order chi connectivity index (χ1) is 11.8. The molecule has 1 aromatic rings. The molecule has 2 rings (SSSR count). The van der Waals surface area contributed by atoms with Crippen LogP contribution in [0.5, 0.6) is 0 Å². The van der Waals surface area contributed by atoms with Crippen molar-refractivity contribution in [1.29, 1.82) is 0 Å². The van der Waals surface area contributed by atoms with Gasteiger partial charge in [0.25, 0.3) is 0 Å². The maximum Gasteiger partial charge on any atom is 0.329 e. The average molecular weight is 345 g/mol. The molecule has 1 fully saturated rings. The second-order valence-electron chi connectivity index (χ2n) is 7.28. The number of hydrogen-bond acceptors (Lipinski definition) is 4. The average Bonchev–Trinajstić information content (AvgIpc) is 2.96. The quantitative estimate of drug-likeness (QED) is 0.658. The van der Waals surface area contributed by atoms with Crippen LogP contribution < -0.4 is 0 Å². The van der Waals surface area contributed by atoms with E-state index in [1.54, 1.807) is 11.0 Å². The molecule has 0 aromatic heterocycles. The zero-order chi connectivity index (χ0) is 18.4. The highest BCUT2D eigenvalue weighted by Gasteiger charge is 2.41. The predicted molar refractivity (Wildman–Crippen MR) is 96.7 cm³/mol. The van der Waals surface area contributed by atoms with Gasteiger partial charge in [-0.3, -0.25) is 4.79 Å². The summed E-state index contributed by atoms with van der Waals surface area (Å²) in [7, 11) is 0. The fraction of sp³-hybridized carbons (Fsp3) is 0.500. The van der Waals surface area contributed by atoms with E-state index in [9.17, 15) is 14.7 Å². The Balaban J connectivity index is 2.16. The van der Waals surface area contributed by atoms with Crippen LogP contribution in [-0.2, 0) is 14.3 Å². The normalized spacial score (nSPS) is 20.9. The molecule has 0 radical (unpaired) electrons. The fourth-order valence-corrected chi connectivity index (χ4v) is 3.07. The lowest BCUT2D eigenvalue weighted by Crippen LogP contribution is -2.46. The SMILES string of the molecule is CC(C)(C)OC(=O)[C@@H]1CC[C@H](CCO)N1C(=O)C=Cc1ccccc1. The van der Waals surface area contributed by atoms with E-state index in [0.717, 1.165) is 5.56 Å². The zero-order valence-corrected chi connectivity index (χ0v) is 15.1. The number of esters is 1. The molecular weight excluding hydrogens is 318 g/mol. The Morgan fingerprint density at radius 3 is 2.52 bits per heavy atom. The van der Waals surface area contributed by atoms with E-state index in [4.69, 9.17) is 4.74 Å². The highest BCUT2D eigenvalue weighted by atomic mass is 16.6. The van der Waals surface area contributed by atoms with E-state index >= 15 is 0 Å². The van der Waals surface area contributed by atoms with Gasteiger partial charge in [0.05, 0.1) is 0 Å². The molecule has 1 aliphatic heterocycles. The van der Waals surface area contributed by atoms with Gasteiger partial charge in [0.1, 0.15) is 11.6 Å². The van der Waals surface area contributed by atoms with Crippen LogP contribution in [0.3, 0.4) is 0 Å². The van der Waals surface area contributed by atoms with Crippen molar-refractivity contribution in [2.24, 2.45) is 0 Å². The second kappa shape index (κ2) is 8.30. The van der Waals surface area contributed by atoms with Crippen LogP contribution in [0.1, 0.15) is 45.6 Å². The topological polar surface area (TPSA) is 66.8 Å². The molecule has 1 aliphatic rings. The molecule has 0 saturated carbocycles. The van der Waals surface area contributed by atoms with Crippen LogP contribution in [0, 0.1) is 0 Å². The van der Waals surface area contributed by atoms with Gasteiger partial charge in [0.2, 0.25) is 5.91 Å². The van der Waals surface area contributed by atoms with Crippen molar-refractivity contribution in [2.75, 3.05) is 6.61 Å². The van der Waals surface area contributed by atoms with Gasteiger partial charge in [-0.05, 0) is 51.7 Å². The first-order valence-corrected chi connectivity index (χ1v) is 8.71. The standard InChI is InChI=1S/C20H27NO4/c1-20(2,3)25-19(24)17-11-10-16(13-14-22)21(17)18(23)12-9-15-7-5-4-6-8-15/h4-9,12,16-17,22H,10-11,13-14H2,1-3H3/t16-,17+/m1/s1. The first kappa shape index (κ1) is 19.2. The van der Waals surface area contributed by atoms with Crippen molar-refractivity contribution in [3.05, 3.63) is 42.0 Å². The van der Waals surface area contributed by atoms with Crippen molar-refractivity contribution in [2.45, 2.75) is 57.7 Å². The van der Waals surface area contributed by atoms with E-state index in [1.807, 2.05) is 51.1 Å². The van der Waals surface area contributed by atoms with Gasteiger partial charge in [0, 0.05) is 18.7 Å². The third-order valence-electron chi connectivity index (χ3n) is 4.12. The van der Waals surface area contributed by atoms with E-state index in [2.05, 4.69) is 0 Å². The molecule has 1 amide bonds. The van der Waals surface area contributed by atoms with E-state index < -0.39 is 11.6 Å². The van der Waals surface area contributed by atoms with Gasteiger partial charge in [-0.2, -0.15) is 0 Å². The van der Waals surface area contributed by atoms with Crippen molar-refractivity contribution in [3.63, 3.8) is 0 Å². The Kier molecular flexibility index (Phi) is 6.37. The number of hydrogen-bond donors (Lipinski definition) is 1. The lowest BCUT2D eigenvalue weighted by atomic mass is 10.1. The van der Waals surface area contributed by atoms with E-state index in [0.29, 0.717) is 19.3 Å². The maximum atomic E-state index is 12.7. The summed E-state index contributed by atoms with van der Waals surface area (Å²) in [5, 5.41) is 9.27. The highest BCUT2D eigenvalue weighted by molar-refractivity contribution is 5.95. The number of rotatable bonds is 5. The molecular formula is C20H27NO4. The Labute approximate surface area is 149 Å². The number of aliphatic hydroxyl groups excluding tert-OH is 1. The summed E-state index contributed by atoms with van der Waals surface area (Å²) in [4.78, 5) is 26.8. The molecule has 1 aromatic carbocycles. The molecule has 1 heterocycles. The summed E-state index contributed by atoms with van der Waals surface area (Å²) in [6, 6.07) is 8.79. The van der Waals surface area contributed by atoms with E-state index in [-0.39, 0.29) is 24.5 Å². The van der Waals surface area contributed by atoms with E-state index in [1.165, 1.54) is 6.08 Å². The summed E-state index contributed by atoms with van der Waals surface area (Å²) in [6.45, 7) is 5.42. The minimum atomic E-state index is -0.596. The monoisotopic (exact) mass is 345 g/mol. The van der Waals surface area contributed by atoms with Gasteiger partial charge in [-0.25, -0.2) is 4.79 Å². The number of nitrogens with zero attached hydrogens (tertiary/aromatic N) is 1. The predicted octanol–water partition coefficient (Wildman–Crippen LogP) is 2.78. The highest BCUT2D eigenvalue weighted by Crippen LogP contribution is 2.29. The molecule has 0 bridgehead atoms. The van der Waals surface area contributed by atoms with Crippen LogP contribution >= 0.6 is 0 Å². The van der Waals surface area contributed by atoms with Gasteiger partial charge >= 0.3 is 5.97 Å². The van der Waals surface area contributed by atoms with Crippen LogP contribution in [0.4, 0.5) is 0 Å². The largest absolute Gasteiger partial charge is 0.458 e. The van der Waals surface area contributed by atoms with Crippen LogP contribution in [0.2, 0.25) is 0 Å². The van der Waals surface area contributed by atoms with Crippen LogP contribution in [0.25, 0.3) is 6.08 Å². The molecule has 1 saturated heterocycles. The van der Waals surface area contributed by atoms with Crippen molar-refractivity contribution < 1.29 is 19.4 Å². The van der Waals surface area contributed by atoms with Crippen molar-refractivity contribution in [3.8, 4) is 0 Å². The molecule has 5 nitrogen and oxygen atoms in total. The maximum absolute atomic E-state index is 12.7. The number of likely N-dealkylation sites (tertiary alicyclic amines) is 1.